The van der Waals surface area contributed by atoms with Crippen molar-refractivity contribution in [2.75, 3.05) is 13.1 Å². The van der Waals surface area contributed by atoms with Crippen molar-refractivity contribution >= 4 is 28.7 Å². The van der Waals surface area contributed by atoms with Crippen LogP contribution in [0.25, 0.3) is 22.0 Å². The lowest BCUT2D eigenvalue weighted by Gasteiger charge is -2.33. The molecule has 0 spiro atoms. The molecule has 10 nitrogen and oxygen atoms in total. The zero-order chi connectivity index (χ0) is 32.3. The van der Waals surface area contributed by atoms with Crippen LogP contribution in [0.15, 0.2) is 30.5 Å². The molecular weight excluding hydrogens is 587 g/mol. The largest absolute Gasteiger partial charge is 0.481 e. The molecular formula is C35H39FN6O4. The van der Waals surface area contributed by atoms with Crippen LogP contribution in [0.2, 0.25) is 0 Å². The molecule has 5 heterocycles. The van der Waals surface area contributed by atoms with Gasteiger partial charge in [0, 0.05) is 78.2 Å². The van der Waals surface area contributed by atoms with Crippen molar-refractivity contribution in [2.24, 2.45) is 13.0 Å². The summed E-state index contributed by atoms with van der Waals surface area (Å²) in [5, 5.41) is 13.9. The lowest BCUT2D eigenvalue weighted by Crippen LogP contribution is -2.40. The fraction of sp³-hybridized carbons (Fsp3) is 0.457. The van der Waals surface area contributed by atoms with Gasteiger partial charge in [0.2, 0.25) is 5.91 Å². The molecule has 2 aliphatic heterocycles. The van der Waals surface area contributed by atoms with Crippen LogP contribution in [0.4, 0.5) is 4.39 Å². The van der Waals surface area contributed by atoms with Gasteiger partial charge < -0.3 is 19.5 Å². The van der Waals surface area contributed by atoms with Crippen molar-refractivity contribution < 1.29 is 23.9 Å². The molecule has 0 radical (unpaired) electrons. The van der Waals surface area contributed by atoms with Gasteiger partial charge in [0.15, 0.2) is 5.82 Å². The predicted molar refractivity (Wildman–Crippen MR) is 170 cm³/mol. The monoisotopic (exact) mass is 626 g/mol. The second-order valence-electron chi connectivity index (χ2n) is 13.1. The van der Waals surface area contributed by atoms with E-state index in [0.717, 1.165) is 52.1 Å². The summed E-state index contributed by atoms with van der Waals surface area (Å²) in [5.41, 5.74) is 7.15. The van der Waals surface area contributed by atoms with Crippen LogP contribution in [-0.2, 0) is 42.7 Å². The first-order chi connectivity index (χ1) is 22.1. The molecule has 1 aliphatic carbocycles. The van der Waals surface area contributed by atoms with E-state index in [1.54, 1.807) is 26.7 Å². The smallest absolute Gasteiger partial charge is 0.312 e. The Balaban J connectivity index is 1.39. The van der Waals surface area contributed by atoms with Crippen molar-refractivity contribution in [3.05, 3.63) is 70.2 Å². The van der Waals surface area contributed by atoms with Gasteiger partial charge in [0.1, 0.15) is 6.42 Å². The number of carboxylic acid groups (broad SMARTS) is 1. The molecule has 4 aromatic rings. The van der Waals surface area contributed by atoms with E-state index < -0.39 is 18.3 Å². The highest BCUT2D eigenvalue weighted by Gasteiger charge is 2.35. The van der Waals surface area contributed by atoms with Crippen LogP contribution < -0.4 is 0 Å². The standard InChI is InChI=1S/C35H39FN6O4/c1-4-28-25(10-7-20(2)38-28)26-12-23(35(46)41-18-24-15-37-39(3)29(24)19-41)13-27-32(36)33(42(34(26)27)16-21-8-9-21)22-6-5-11-40(17-22)30(43)14-31(44)45/h7,10,12-13,15,21-22H,4-6,8-9,11,14,16-19H2,1-3H3,(H,44,45)/t22-/m1/s1. The van der Waals surface area contributed by atoms with Crippen LogP contribution in [0.5, 0.6) is 0 Å². The molecule has 1 aromatic carbocycles. The van der Waals surface area contributed by atoms with E-state index in [2.05, 4.69) is 9.67 Å². The maximum atomic E-state index is 17.1. The van der Waals surface area contributed by atoms with Gasteiger partial charge in [-0.2, -0.15) is 5.10 Å². The van der Waals surface area contributed by atoms with Crippen molar-refractivity contribution in [1.82, 2.24) is 29.1 Å². The Kier molecular flexibility index (Phi) is 7.65. The second kappa shape index (κ2) is 11.7. The molecule has 7 rings (SSSR count). The molecule has 1 N–H and O–H groups in total. The third kappa shape index (κ3) is 5.35. The molecule has 240 valence electrons. The third-order valence-electron chi connectivity index (χ3n) is 9.86. The van der Waals surface area contributed by atoms with Crippen LogP contribution in [0.1, 0.15) is 83.6 Å². The average Bonchev–Trinajstić information content (AvgIpc) is 3.55. The Morgan fingerprint density at radius 1 is 1.07 bits per heavy atom. The minimum atomic E-state index is -1.17. The van der Waals surface area contributed by atoms with Gasteiger partial charge in [-0.25, -0.2) is 4.39 Å². The minimum Gasteiger partial charge on any atom is -0.481 e. The topological polar surface area (TPSA) is 114 Å². The van der Waals surface area contributed by atoms with Crippen molar-refractivity contribution in [1.29, 1.82) is 0 Å². The molecule has 1 atom stereocenters. The van der Waals surface area contributed by atoms with E-state index >= 15 is 4.39 Å². The first-order valence-electron chi connectivity index (χ1n) is 16.2. The van der Waals surface area contributed by atoms with Crippen LogP contribution in [-0.4, -0.2) is 65.1 Å². The van der Waals surface area contributed by atoms with E-state index in [-0.39, 0.29) is 24.2 Å². The number of aliphatic carboxylic acids is 1. The van der Waals surface area contributed by atoms with E-state index in [4.69, 9.17) is 4.98 Å². The van der Waals surface area contributed by atoms with E-state index in [0.29, 0.717) is 68.0 Å². The third-order valence-corrected chi connectivity index (χ3v) is 9.86. The van der Waals surface area contributed by atoms with E-state index in [9.17, 15) is 19.5 Å². The molecule has 3 aliphatic rings. The van der Waals surface area contributed by atoms with Crippen LogP contribution >= 0.6 is 0 Å². The van der Waals surface area contributed by atoms with Gasteiger partial charge in [-0.3, -0.25) is 24.0 Å². The molecule has 0 bridgehead atoms. The zero-order valence-corrected chi connectivity index (χ0v) is 26.6. The normalized spacial score (nSPS) is 18.0. The highest BCUT2D eigenvalue weighted by molar-refractivity contribution is 6.05. The lowest BCUT2D eigenvalue weighted by atomic mass is 9.93. The summed E-state index contributed by atoms with van der Waals surface area (Å²) in [6.45, 7) is 6.24. The number of hydrogen-bond donors (Lipinski definition) is 1. The van der Waals surface area contributed by atoms with Gasteiger partial charge in [-0.1, -0.05) is 13.0 Å². The van der Waals surface area contributed by atoms with Crippen LogP contribution in [0.3, 0.4) is 0 Å². The maximum absolute atomic E-state index is 17.1. The molecule has 2 amide bonds. The van der Waals surface area contributed by atoms with Gasteiger partial charge >= 0.3 is 5.97 Å². The predicted octanol–water partition coefficient (Wildman–Crippen LogP) is 5.19. The SMILES string of the molecule is CCc1nc(C)ccc1-c1cc(C(=O)N2Cc3cnn(C)c3C2)cc2c(F)c([C@@H]3CCCN(C(=O)CC(=O)O)C3)n(CC3CC3)c12. The number of halogens is 1. The number of rotatable bonds is 8. The Bertz CT molecular complexity index is 1890. The first-order valence-corrected chi connectivity index (χ1v) is 16.2. The molecule has 2 fully saturated rings. The molecule has 1 saturated heterocycles. The first kappa shape index (κ1) is 30.1. The number of pyridine rings is 1. The summed E-state index contributed by atoms with van der Waals surface area (Å²) in [4.78, 5) is 46.4. The molecule has 46 heavy (non-hydrogen) atoms. The fourth-order valence-corrected chi connectivity index (χ4v) is 7.35. The quantitative estimate of drug-likeness (QED) is 0.269. The Hall–Kier alpha value is -4.54. The summed E-state index contributed by atoms with van der Waals surface area (Å²) >= 11 is 0. The lowest BCUT2D eigenvalue weighted by molar-refractivity contribution is -0.144. The summed E-state index contributed by atoms with van der Waals surface area (Å²) in [6, 6.07) is 7.60. The molecule has 1 saturated carbocycles. The minimum absolute atomic E-state index is 0.170. The highest BCUT2D eigenvalue weighted by atomic mass is 19.1. The molecule has 0 unspecified atom stereocenters. The van der Waals surface area contributed by atoms with Crippen molar-refractivity contribution in [3.8, 4) is 11.1 Å². The van der Waals surface area contributed by atoms with Gasteiger partial charge in [-0.05, 0) is 63.1 Å². The number of benzene rings is 1. The number of nitrogens with zero attached hydrogens (tertiary/aromatic N) is 6. The summed E-state index contributed by atoms with van der Waals surface area (Å²) in [5.74, 6) is -2.02. The zero-order valence-electron chi connectivity index (χ0n) is 26.6. The second-order valence-corrected chi connectivity index (χ2v) is 13.1. The molecule has 3 aromatic heterocycles. The highest BCUT2D eigenvalue weighted by Crippen LogP contribution is 2.43. The Morgan fingerprint density at radius 3 is 2.59 bits per heavy atom. The fourth-order valence-electron chi connectivity index (χ4n) is 7.35. The number of likely N-dealkylation sites (tertiary alicyclic amines) is 1. The molecule has 11 heteroatoms. The number of carbonyl (C=O) groups excluding carboxylic acids is 2. The van der Waals surface area contributed by atoms with Gasteiger partial charge in [-0.15, -0.1) is 0 Å². The number of fused-ring (bicyclic) bond motifs is 2. The Labute approximate surface area is 266 Å². The van der Waals surface area contributed by atoms with Crippen molar-refractivity contribution in [3.63, 3.8) is 0 Å². The summed E-state index contributed by atoms with van der Waals surface area (Å²) in [6.07, 6.45) is 5.36. The summed E-state index contributed by atoms with van der Waals surface area (Å²) < 4.78 is 21.0. The van der Waals surface area contributed by atoms with E-state index in [1.807, 2.05) is 39.1 Å². The summed E-state index contributed by atoms with van der Waals surface area (Å²) in [7, 11) is 1.87. The number of hydrogen-bond acceptors (Lipinski definition) is 5. The van der Waals surface area contributed by atoms with E-state index in [1.165, 1.54) is 0 Å². The number of carboxylic acids is 1. The van der Waals surface area contributed by atoms with Crippen molar-refractivity contribution in [2.45, 2.75) is 77.9 Å². The number of aryl methyl sites for hydroxylation is 3. The number of aromatic nitrogens is 4. The number of piperidine rings is 1. The number of amides is 2. The maximum Gasteiger partial charge on any atom is 0.312 e. The Morgan fingerprint density at radius 2 is 1.87 bits per heavy atom. The van der Waals surface area contributed by atoms with Crippen LogP contribution in [0, 0.1) is 18.7 Å². The number of carbonyl (C=O) groups is 3. The van der Waals surface area contributed by atoms with Gasteiger partial charge in [0.25, 0.3) is 5.91 Å². The average molecular weight is 627 g/mol. The van der Waals surface area contributed by atoms with Gasteiger partial charge in [0.05, 0.1) is 29.6 Å².